The van der Waals surface area contributed by atoms with Crippen molar-refractivity contribution in [2.24, 2.45) is 0 Å². The lowest BCUT2D eigenvalue weighted by atomic mass is 9.91. The summed E-state index contributed by atoms with van der Waals surface area (Å²) in [7, 11) is 1.48. The maximum atomic E-state index is 13.9. The minimum absolute atomic E-state index is 0.186. The third-order valence-corrected chi connectivity index (χ3v) is 3.81. The molecule has 2 aromatic carbocycles. The number of rotatable bonds is 6. The lowest BCUT2D eigenvalue weighted by molar-refractivity contribution is -0.266. The largest absolute Gasteiger partial charge is 0.497 e. The van der Waals surface area contributed by atoms with Gasteiger partial charge in [0.25, 0.3) is 5.91 Å². The van der Waals surface area contributed by atoms with Crippen LogP contribution >= 0.6 is 0 Å². The Hall–Kier alpha value is -3.03. The molecule has 2 aromatic rings. The van der Waals surface area contributed by atoms with Gasteiger partial charge in [-0.25, -0.2) is 0 Å². The Labute approximate surface area is 154 Å². The number of alkyl halides is 3. The predicted octanol–water partition coefficient (Wildman–Crippen LogP) is 3.33. The second kappa shape index (κ2) is 8.11. The number of carbonyl (C=O) groups is 2. The van der Waals surface area contributed by atoms with Gasteiger partial charge in [-0.1, -0.05) is 42.5 Å². The van der Waals surface area contributed by atoms with Crippen LogP contribution in [-0.2, 0) is 26.5 Å². The number of amides is 1. The molecule has 0 saturated heterocycles. The molecule has 144 valence electrons. The van der Waals surface area contributed by atoms with Crippen molar-refractivity contribution in [1.29, 1.82) is 0 Å². The smallest absolute Gasteiger partial charge is 0.442 e. The molecule has 8 heteroatoms. The fraction of sp³-hybridized carbons (Fsp3) is 0.263. The highest BCUT2D eigenvalue weighted by molar-refractivity contribution is 5.90. The van der Waals surface area contributed by atoms with Crippen LogP contribution in [0.25, 0.3) is 0 Å². The highest BCUT2D eigenvalue weighted by Gasteiger charge is 2.65. The molecule has 0 bridgehead atoms. The maximum Gasteiger partial charge on any atom is 0.442 e. The van der Waals surface area contributed by atoms with Gasteiger partial charge in [-0.3, -0.25) is 9.59 Å². The highest BCUT2D eigenvalue weighted by atomic mass is 19.4. The number of benzene rings is 2. The van der Waals surface area contributed by atoms with E-state index in [1.807, 2.05) is 0 Å². The summed E-state index contributed by atoms with van der Waals surface area (Å²) >= 11 is 0. The van der Waals surface area contributed by atoms with Gasteiger partial charge < -0.3 is 14.8 Å². The van der Waals surface area contributed by atoms with Crippen molar-refractivity contribution in [2.75, 3.05) is 7.11 Å². The molecule has 0 radical (unpaired) electrons. The number of hydrogen-bond donors (Lipinski definition) is 1. The first-order chi connectivity index (χ1) is 12.7. The second-order valence-corrected chi connectivity index (χ2v) is 5.67. The topological polar surface area (TPSA) is 64.6 Å². The summed E-state index contributed by atoms with van der Waals surface area (Å²) in [5.41, 5.74) is -3.37. The minimum atomic E-state index is -5.16. The average molecular weight is 381 g/mol. The van der Waals surface area contributed by atoms with E-state index in [1.165, 1.54) is 25.3 Å². The lowest BCUT2D eigenvalue weighted by Gasteiger charge is -2.33. The van der Waals surface area contributed by atoms with Gasteiger partial charge in [0.05, 0.1) is 7.11 Å². The van der Waals surface area contributed by atoms with Crippen molar-refractivity contribution in [1.82, 2.24) is 5.32 Å². The SMILES string of the molecule is COc1ccc(CNC(=O)C(OC(C)=O)(c2ccccc2)C(F)(F)F)cc1. The van der Waals surface area contributed by atoms with Crippen LogP contribution in [-0.4, -0.2) is 25.2 Å². The van der Waals surface area contributed by atoms with Gasteiger partial charge >= 0.3 is 17.7 Å². The van der Waals surface area contributed by atoms with Gasteiger partial charge in [0, 0.05) is 19.0 Å². The van der Waals surface area contributed by atoms with Crippen molar-refractivity contribution in [3.05, 3.63) is 65.7 Å². The molecule has 0 aliphatic rings. The zero-order chi connectivity index (χ0) is 20.1. The monoisotopic (exact) mass is 381 g/mol. The first-order valence-corrected chi connectivity index (χ1v) is 7.93. The van der Waals surface area contributed by atoms with Crippen LogP contribution in [0.15, 0.2) is 54.6 Å². The molecule has 0 aliphatic carbocycles. The number of ether oxygens (including phenoxy) is 2. The summed E-state index contributed by atoms with van der Waals surface area (Å²) in [5.74, 6) is -2.14. The number of halogens is 3. The van der Waals surface area contributed by atoms with E-state index in [4.69, 9.17) is 4.74 Å². The molecule has 1 N–H and O–H groups in total. The van der Waals surface area contributed by atoms with Gasteiger partial charge in [0.15, 0.2) is 0 Å². The van der Waals surface area contributed by atoms with Crippen LogP contribution in [0.5, 0.6) is 5.75 Å². The number of methoxy groups -OCH3 is 1. The van der Waals surface area contributed by atoms with E-state index < -0.39 is 29.2 Å². The summed E-state index contributed by atoms with van der Waals surface area (Å²) < 4.78 is 51.4. The van der Waals surface area contributed by atoms with Crippen LogP contribution in [0.4, 0.5) is 13.2 Å². The van der Waals surface area contributed by atoms with Crippen molar-refractivity contribution in [2.45, 2.75) is 25.2 Å². The molecule has 0 spiro atoms. The molecule has 1 unspecified atom stereocenters. The summed E-state index contributed by atoms with van der Waals surface area (Å²) in [6.45, 7) is 0.634. The van der Waals surface area contributed by atoms with Gasteiger partial charge in [-0.05, 0) is 17.7 Å². The second-order valence-electron chi connectivity index (χ2n) is 5.67. The summed E-state index contributed by atoms with van der Waals surface area (Å²) in [4.78, 5) is 24.0. The van der Waals surface area contributed by atoms with E-state index in [0.717, 1.165) is 19.1 Å². The van der Waals surface area contributed by atoms with E-state index >= 15 is 0 Å². The maximum absolute atomic E-state index is 13.9. The van der Waals surface area contributed by atoms with E-state index in [0.29, 0.717) is 11.3 Å². The molecular formula is C19H18F3NO4. The fourth-order valence-electron chi connectivity index (χ4n) is 2.53. The quantitative estimate of drug-likeness (QED) is 0.780. The average Bonchev–Trinajstić information content (AvgIpc) is 2.64. The van der Waals surface area contributed by atoms with E-state index in [-0.39, 0.29) is 6.54 Å². The highest BCUT2D eigenvalue weighted by Crippen LogP contribution is 2.42. The third-order valence-electron chi connectivity index (χ3n) is 3.81. The van der Waals surface area contributed by atoms with Crippen LogP contribution in [0.3, 0.4) is 0 Å². The molecule has 0 fully saturated rings. The summed E-state index contributed by atoms with van der Waals surface area (Å²) in [6.07, 6.45) is -5.16. The molecule has 1 atom stereocenters. The molecule has 1 amide bonds. The zero-order valence-corrected chi connectivity index (χ0v) is 14.7. The van der Waals surface area contributed by atoms with E-state index in [9.17, 15) is 22.8 Å². The molecule has 5 nitrogen and oxygen atoms in total. The van der Waals surface area contributed by atoms with Crippen LogP contribution in [0, 0.1) is 0 Å². The number of nitrogens with one attached hydrogen (secondary N) is 1. The molecule has 27 heavy (non-hydrogen) atoms. The number of esters is 1. The third kappa shape index (κ3) is 4.39. The van der Waals surface area contributed by atoms with Crippen LogP contribution < -0.4 is 10.1 Å². The Kier molecular flexibility index (Phi) is 6.09. The van der Waals surface area contributed by atoms with Crippen LogP contribution in [0.1, 0.15) is 18.1 Å². The fourth-order valence-corrected chi connectivity index (χ4v) is 2.53. The van der Waals surface area contributed by atoms with Crippen molar-refractivity contribution < 1.29 is 32.2 Å². The van der Waals surface area contributed by atoms with Crippen molar-refractivity contribution in [3.8, 4) is 5.75 Å². The van der Waals surface area contributed by atoms with E-state index in [2.05, 4.69) is 10.1 Å². The molecule has 0 saturated carbocycles. The Morgan fingerprint density at radius 1 is 1.00 bits per heavy atom. The van der Waals surface area contributed by atoms with Gasteiger partial charge in [-0.15, -0.1) is 0 Å². The Morgan fingerprint density at radius 2 is 1.59 bits per heavy atom. The Morgan fingerprint density at radius 3 is 2.07 bits per heavy atom. The Balaban J connectivity index is 2.36. The molecule has 0 heterocycles. The Bertz CT molecular complexity index is 791. The molecule has 0 aliphatic heterocycles. The predicted molar refractivity (Wildman–Crippen MR) is 90.8 cm³/mol. The molecule has 0 aromatic heterocycles. The minimum Gasteiger partial charge on any atom is -0.497 e. The van der Waals surface area contributed by atoms with E-state index in [1.54, 1.807) is 24.3 Å². The van der Waals surface area contributed by atoms with Crippen molar-refractivity contribution in [3.63, 3.8) is 0 Å². The number of hydrogen-bond acceptors (Lipinski definition) is 4. The van der Waals surface area contributed by atoms with Crippen molar-refractivity contribution >= 4 is 11.9 Å². The molecular weight excluding hydrogens is 363 g/mol. The lowest BCUT2D eigenvalue weighted by Crippen LogP contribution is -2.56. The normalized spacial score (nSPS) is 13.4. The van der Waals surface area contributed by atoms with Crippen LogP contribution in [0.2, 0.25) is 0 Å². The standard InChI is InChI=1S/C19H18F3NO4/c1-13(24)27-18(19(20,21)22,15-6-4-3-5-7-15)17(25)23-12-14-8-10-16(26-2)11-9-14/h3-11H,12H2,1-2H3,(H,23,25). The van der Waals surface area contributed by atoms with Gasteiger partial charge in [-0.2, -0.15) is 13.2 Å². The zero-order valence-electron chi connectivity index (χ0n) is 14.7. The molecule has 2 rings (SSSR count). The first-order valence-electron chi connectivity index (χ1n) is 7.93. The van der Waals surface area contributed by atoms with Gasteiger partial charge in [0.2, 0.25) is 0 Å². The number of carbonyl (C=O) groups excluding carboxylic acids is 2. The summed E-state index contributed by atoms with van der Waals surface area (Å²) in [5, 5.41) is 2.21. The van der Waals surface area contributed by atoms with Gasteiger partial charge in [0.1, 0.15) is 5.75 Å². The first kappa shape index (κ1) is 20.3. The summed E-state index contributed by atoms with van der Waals surface area (Å²) in [6, 6.07) is 12.8.